The molecule has 4 aromatic rings. The Kier molecular flexibility index (Phi) is 12.3. The van der Waals surface area contributed by atoms with E-state index in [0.29, 0.717) is 13.1 Å². The van der Waals surface area contributed by atoms with Crippen molar-refractivity contribution in [1.29, 1.82) is 0 Å². The summed E-state index contributed by atoms with van der Waals surface area (Å²) >= 11 is 1.72. The second-order valence-corrected chi connectivity index (χ2v) is 11.4. The highest BCUT2D eigenvalue weighted by Gasteiger charge is 2.14. The van der Waals surface area contributed by atoms with Crippen LogP contribution in [0.2, 0.25) is 0 Å². The Morgan fingerprint density at radius 2 is 1.34 bits per heavy atom. The molecule has 0 atom stereocenters. The molecule has 7 heteroatoms. The molecule has 4 rings (SSSR count). The van der Waals surface area contributed by atoms with E-state index in [-0.39, 0.29) is 5.82 Å². The summed E-state index contributed by atoms with van der Waals surface area (Å²) in [5, 5.41) is 10.5. The number of benzene rings is 3. The number of aryl methyl sites for hydroxylation is 1. The zero-order valence-electron chi connectivity index (χ0n) is 23.6. The molecule has 1 heterocycles. The molecule has 41 heavy (non-hydrogen) atoms. The van der Waals surface area contributed by atoms with Gasteiger partial charge in [0.05, 0.1) is 11.4 Å². The van der Waals surface area contributed by atoms with Crippen LogP contribution in [0.25, 0.3) is 22.5 Å². The number of hydrogen-bond acceptors (Lipinski definition) is 3. The van der Waals surface area contributed by atoms with Gasteiger partial charge >= 0.3 is 6.09 Å². The highest BCUT2D eigenvalue weighted by molar-refractivity contribution is 7.99. The maximum atomic E-state index is 13.0. The van der Waals surface area contributed by atoms with Gasteiger partial charge in [-0.2, -0.15) is 0 Å². The first-order valence-electron chi connectivity index (χ1n) is 14.7. The summed E-state index contributed by atoms with van der Waals surface area (Å²) in [4.78, 5) is 21.7. The lowest BCUT2D eigenvalue weighted by Gasteiger charge is -2.19. The number of H-pyrrole nitrogens is 1. The molecule has 1 amide bonds. The van der Waals surface area contributed by atoms with Gasteiger partial charge in [-0.3, -0.25) is 0 Å². The van der Waals surface area contributed by atoms with Gasteiger partial charge in [0, 0.05) is 30.0 Å². The topological polar surface area (TPSA) is 69.2 Å². The average molecular weight is 574 g/mol. The second-order valence-electron chi connectivity index (χ2n) is 10.3. The molecule has 1 aromatic heterocycles. The molecule has 0 aliphatic carbocycles. The Morgan fingerprint density at radius 1 is 0.756 bits per heavy atom. The van der Waals surface area contributed by atoms with Crippen LogP contribution in [0.4, 0.5) is 9.18 Å². The number of carbonyl (C=O) groups is 1. The van der Waals surface area contributed by atoms with Gasteiger partial charge in [0.2, 0.25) is 0 Å². The van der Waals surface area contributed by atoms with Crippen LogP contribution in [0.1, 0.15) is 56.9 Å². The first kappa shape index (κ1) is 30.4. The molecule has 0 fully saturated rings. The molecule has 0 saturated carbocycles. The summed E-state index contributed by atoms with van der Waals surface area (Å²) in [6.07, 6.45) is 8.20. The van der Waals surface area contributed by atoms with Crippen molar-refractivity contribution in [2.45, 2.75) is 62.9 Å². The van der Waals surface area contributed by atoms with Crippen LogP contribution in [0.3, 0.4) is 0 Å². The number of hydrogen-bond donors (Lipinski definition) is 2. The SMILES string of the molecule is O=C(O)N(CCCCCCCc1ccc(F)cc1)CCCCCSc1nc(-c2ccccc2)c(-c2ccccc2)[nH]1. The minimum absolute atomic E-state index is 0.195. The van der Waals surface area contributed by atoms with Gasteiger partial charge in [0.1, 0.15) is 5.82 Å². The largest absolute Gasteiger partial charge is 0.465 e. The Hall–Kier alpha value is -3.58. The van der Waals surface area contributed by atoms with Crippen LogP contribution in [-0.4, -0.2) is 44.9 Å². The number of imidazole rings is 1. The molecule has 0 radical (unpaired) electrons. The Bertz CT molecular complexity index is 1260. The van der Waals surface area contributed by atoms with Crippen LogP contribution in [0.15, 0.2) is 90.1 Å². The van der Waals surface area contributed by atoms with E-state index in [2.05, 4.69) is 29.2 Å². The standard InChI is InChI=1S/C34H40FN3O2S/c35-30-22-20-27(21-23-30)15-7-2-1-3-12-24-38(34(39)40)25-13-6-14-26-41-33-36-31(28-16-8-4-9-17-28)32(37-33)29-18-10-5-11-19-29/h4-5,8-11,16-23H,1-3,6-7,12-15,24-26H2,(H,36,37)(H,39,40). The number of aromatic amines is 1. The number of carboxylic acid groups (broad SMARTS) is 1. The summed E-state index contributed by atoms with van der Waals surface area (Å²) in [6.45, 7) is 1.18. The minimum atomic E-state index is -0.826. The Labute approximate surface area is 247 Å². The number of nitrogens with one attached hydrogen (secondary N) is 1. The van der Waals surface area contributed by atoms with Gasteiger partial charge in [-0.25, -0.2) is 14.2 Å². The molecule has 0 bridgehead atoms. The van der Waals surface area contributed by atoms with Gasteiger partial charge in [0.15, 0.2) is 5.16 Å². The lowest BCUT2D eigenvalue weighted by atomic mass is 10.1. The van der Waals surface area contributed by atoms with Crippen molar-refractivity contribution in [2.75, 3.05) is 18.8 Å². The zero-order valence-corrected chi connectivity index (χ0v) is 24.4. The van der Waals surface area contributed by atoms with Crippen molar-refractivity contribution >= 4 is 17.9 Å². The van der Waals surface area contributed by atoms with Crippen molar-refractivity contribution in [3.8, 4) is 22.5 Å². The van der Waals surface area contributed by atoms with Gasteiger partial charge in [-0.05, 0) is 49.8 Å². The fraction of sp³-hybridized carbons (Fsp3) is 0.353. The Balaban J connectivity index is 1.12. The van der Waals surface area contributed by atoms with Crippen LogP contribution < -0.4 is 0 Å². The van der Waals surface area contributed by atoms with Crippen LogP contribution in [0, 0.1) is 5.82 Å². The molecule has 0 aliphatic heterocycles. The maximum Gasteiger partial charge on any atom is 0.407 e. The number of halogens is 1. The number of amides is 1. The van der Waals surface area contributed by atoms with Gasteiger partial charge in [-0.1, -0.05) is 110 Å². The predicted molar refractivity (Wildman–Crippen MR) is 167 cm³/mol. The summed E-state index contributed by atoms with van der Waals surface area (Å²) in [6, 6.07) is 27.2. The highest BCUT2D eigenvalue weighted by atomic mass is 32.2. The molecular weight excluding hydrogens is 533 g/mol. The van der Waals surface area contributed by atoms with E-state index >= 15 is 0 Å². The zero-order chi connectivity index (χ0) is 28.7. The van der Waals surface area contributed by atoms with Crippen LogP contribution in [-0.2, 0) is 6.42 Å². The maximum absolute atomic E-state index is 13.0. The normalized spacial score (nSPS) is 11.0. The molecule has 5 nitrogen and oxygen atoms in total. The third-order valence-electron chi connectivity index (χ3n) is 7.18. The van der Waals surface area contributed by atoms with E-state index in [0.717, 1.165) is 91.2 Å². The monoisotopic (exact) mass is 573 g/mol. The van der Waals surface area contributed by atoms with Crippen molar-refractivity contribution < 1.29 is 14.3 Å². The predicted octanol–water partition coefficient (Wildman–Crippen LogP) is 9.32. The van der Waals surface area contributed by atoms with Crippen molar-refractivity contribution in [2.24, 2.45) is 0 Å². The second kappa shape index (κ2) is 16.6. The van der Waals surface area contributed by atoms with Crippen molar-refractivity contribution in [3.63, 3.8) is 0 Å². The first-order chi connectivity index (χ1) is 20.1. The lowest BCUT2D eigenvalue weighted by molar-refractivity contribution is 0.143. The third-order valence-corrected chi connectivity index (χ3v) is 8.14. The van der Waals surface area contributed by atoms with Gasteiger partial charge < -0.3 is 15.0 Å². The van der Waals surface area contributed by atoms with Gasteiger partial charge in [-0.15, -0.1) is 0 Å². The number of unbranched alkanes of at least 4 members (excludes halogenated alkanes) is 6. The first-order valence-corrected chi connectivity index (χ1v) is 15.6. The molecule has 216 valence electrons. The highest BCUT2D eigenvalue weighted by Crippen LogP contribution is 2.32. The number of aromatic nitrogens is 2. The molecule has 2 N–H and O–H groups in total. The van der Waals surface area contributed by atoms with Crippen LogP contribution >= 0.6 is 11.8 Å². The van der Waals surface area contributed by atoms with Crippen molar-refractivity contribution in [1.82, 2.24) is 14.9 Å². The van der Waals surface area contributed by atoms with E-state index in [4.69, 9.17) is 4.98 Å². The van der Waals surface area contributed by atoms with E-state index in [9.17, 15) is 14.3 Å². The fourth-order valence-corrected chi connectivity index (χ4v) is 5.78. The average Bonchev–Trinajstić information content (AvgIpc) is 3.43. The van der Waals surface area contributed by atoms with E-state index in [1.54, 1.807) is 16.7 Å². The molecule has 3 aromatic carbocycles. The molecule has 0 saturated heterocycles. The van der Waals surface area contributed by atoms with Gasteiger partial charge in [0.25, 0.3) is 0 Å². The summed E-state index contributed by atoms with van der Waals surface area (Å²) in [7, 11) is 0. The number of thioether (sulfide) groups is 1. The van der Waals surface area contributed by atoms with E-state index in [1.165, 1.54) is 17.7 Å². The Morgan fingerprint density at radius 3 is 2.00 bits per heavy atom. The number of nitrogens with zero attached hydrogens (tertiary/aromatic N) is 2. The molecular formula is C34H40FN3O2S. The number of rotatable bonds is 17. The third kappa shape index (κ3) is 10.1. The van der Waals surface area contributed by atoms with E-state index in [1.807, 2.05) is 48.5 Å². The molecule has 0 unspecified atom stereocenters. The summed E-state index contributed by atoms with van der Waals surface area (Å²) < 4.78 is 13.0. The fourth-order valence-electron chi connectivity index (χ4n) is 4.91. The molecule has 0 aliphatic rings. The minimum Gasteiger partial charge on any atom is -0.465 e. The van der Waals surface area contributed by atoms with E-state index < -0.39 is 6.09 Å². The smallest absolute Gasteiger partial charge is 0.407 e. The summed E-state index contributed by atoms with van der Waals surface area (Å²) in [5.41, 5.74) is 5.37. The lowest BCUT2D eigenvalue weighted by Crippen LogP contribution is -2.31. The quantitative estimate of drug-likeness (QED) is 0.0975. The van der Waals surface area contributed by atoms with Crippen LogP contribution in [0.5, 0.6) is 0 Å². The molecule has 0 spiro atoms. The van der Waals surface area contributed by atoms with Crippen molar-refractivity contribution in [3.05, 3.63) is 96.3 Å². The summed E-state index contributed by atoms with van der Waals surface area (Å²) in [5.74, 6) is 0.737.